The topological polar surface area (TPSA) is 90.5 Å². The lowest BCUT2D eigenvalue weighted by molar-refractivity contribution is -0.121. The molecule has 0 aliphatic carbocycles. The van der Waals surface area contributed by atoms with Gasteiger partial charge in [-0.3, -0.25) is 4.79 Å². The minimum Gasteiger partial charge on any atom is -0.465 e. The van der Waals surface area contributed by atoms with Gasteiger partial charge in [0.05, 0.1) is 6.54 Å². The van der Waals surface area contributed by atoms with E-state index < -0.39 is 6.09 Å². The molecule has 1 rings (SSSR count). The number of carbonyl (C=O) groups is 2. The molecule has 0 bridgehead atoms. The first-order valence-corrected chi connectivity index (χ1v) is 4.65. The molecule has 0 unspecified atom stereocenters. The zero-order chi connectivity index (χ0) is 10.4. The Bertz CT molecular complexity index is 214. The van der Waals surface area contributed by atoms with Crippen LogP contribution in [-0.4, -0.2) is 42.8 Å². The standard InChI is InChI=1S/C8H15N3O3/c12-7(5-10-8(13)14)11-6-1-3-9-4-2-6/h6,9-10H,1-5H2,(H,11,12)(H,13,14). The van der Waals surface area contributed by atoms with E-state index in [0.717, 1.165) is 25.9 Å². The monoisotopic (exact) mass is 201 g/mol. The molecule has 6 heteroatoms. The normalized spacial score (nSPS) is 17.4. The van der Waals surface area contributed by atoms with Gasteiger partial charge in [-0.05, 0) is 25.9 Å². The SMILES string of the molecule is O=C(O)NCC(=O)NC1CCNCC1. The minimum absolute atomic E-state index is 0.167. The molecule has 2 amide bonds. The number of hydrogen-bond acceptors (Lipinski definition) is 3. The van der Waals surface area contributed by atoms with Gasteiger partial charge in [0, 0.05) is 6.04 Å². The van der Waals surface area contributed by atoms with Crippen LogP contribution in [0.5, 0.6) is 0 Å². The molecule has 0 spiro atoms. The van der Waals surface area contributed by atoms with E-state index in [1.165, 1.54) is 0 Å². The van der Waals surface area contributed by atoms with Gasteiger partial charge >= 0.3 is 6.09 Å². The third kappa shape index (κ3) is 4.08. The average Bonchev–Trinajstić information content (AvgIpc) is 2.16. The van der Waals surface area contributed by atoms with Gasteiger partial charge < -0.3 is 21.1 Å². The fourth-order valence-electron chi connectivity index (χ4n) is 1.40. The maximum Gasteiger partial charge on any atom is 0.405 e. The quantitative estimate of drug-likeness (QED) is 0.477. The van der Waals surface area contributed by atoms with Crippen LogP contribution in [-0.2, 0) is 4.79 Å². The maximum atomic E-state index is 11.2. The van der Waals surface area contributed by atoms with E-state index in [9.17, 15) is 9.59 Å². The van der Waals surface area contributed by atoms with Crippen LogP contribution < -0.4 is 16.0 Å². The van der Waals surface area contributed by atoms with Crippen molar-refractivity contribution in [3.8, 4) is 0 Å². The molecule has 0 atom stereocenters. The number of nitrogens with one attached hydrogen (secondary N) is 3. The summed E-state index contributed by atoms with van der Waals surface area (Å²) >= 11 is 0. The molecular formula is C8H15N3O3. The second-order valence-electron chi connectivity index (χ2n) is 3.25. The van der Waals surface area contributed by atoms with Crippen molar-refractivity contribution in [3.05, 3.63) is 0 Å². The molecule has 4 N–H and O–H groups in total. The molecular weight excluding hydrogens is 186 g/mol. The fourth-order valence-corrected chi connectivity index (χ4v) is 1.40. The summed E-state index contributed by atoms with van der Waals surface area (Å²) in [6.45, 7) is 1.63. The van der Waals surface area contributed by atoms with E-state index in [-0.39, 0.29) is 18.5 Å². The summed E-state index contributed by atoms with van der Waals surface area (Å²) in [5.41, 5.74) is 0. The van der Waals surface area contributed by atoms with Gasteiger partial charge in [-0.15, -0.1) is 0 Å². The largest absolute Gasteiger partial charge is 0.465 e. The summed E-state index contributed by atoms with van der Waals surface area (Å²) in [7, 11) is 0. The molecule has 1 heterocycles. The van der Waals surface area contributed by atoms with Crippen molar-refractivity contribution in [2.24, 2.45) is 0 Å². The highest BCUT2D eigenvalue weighted by molar-refractivity contribution is 5.81. The number of piperidine rings is 1. The van der Waals surface area contributed by atoms with E-state index in [1.54, 1.807) is 0 Å². The van der Waals surface area contributed by atoms with Crippen LogP contribution in [0, 0.1) is 0 Å². The highest BCUT2D eigenvalue weighted by Crippen LogP contribution is 2.00. The number of hydrogen-bond donors (Lipinski definition) is 4. The van der Waals surface area contributed by atoms with Gasteiger partial charge in [-0.2, -0.15) is 0 Å². The third-order valence-corrected chi connectivity index (χ3v) is 2.10. The number of amides is 2. The molecule has 1 aliphatic rings. The fraction of sp³-hybridized carbons (Fsp3) is 0.750. The van der Waals surface area contributed by atoms with Crippen LogP contribution in [0.4, 0.5) is 4.79 Å². The van der Waals surface area contributed by atoms with Crippen molar-refractivity contribution in [1.82, 2.24) is 16.0 Å². The first-order chi connectivity index (χ1) is 6.68. The van der Waals surface area contributed by atoms with Crippen LogP contribution >= 0.6 is 0 Å². The van der Waals surface area contributed by atoms with Crippen molar-refractivity contribution in [2.45, 2.75) is 18.9 Å². The Hall–Kier alpha value is -1.30. The van der Waals surface area contributed by atoms with Crippen LogP contribution in [0.15, 0.2) is 0 Å². The van der Waals surface area contributed by atoms with E-state index in [1.807, 2.05) is 5.32 Å². The first kappa shape index (κ1) is 10.8. The highest BCUT2D eigenvalue weighted by Gasteiger charge is 2.15. The summed E-state index contributed by atoms with van der Waals surface area (Å²) in [4.78, 5) is 21.3. The predicted octanol–water partition coefficient (Wildman–Crippen LogP) is -0.878. The molecule has 0 aromatic heterocycles. The Morgan fingerprint density at radius 3 is 2.57 bits per heavy atom. The molecule has 0 aromatic carbocycles. The summed E-state index contributed by atoms with van der Waals surface area (Å²) in [6.07, 6.45) is 0.628. The second kappa shape index (κ2) is 5.43. The molecule has 1 saturated heterocycles. The van der Waals surface area contributed by atoms with E-state index in [2.05, 4.69) is 10.6 Å². The molecule has 80 valence electrons. The van der Waals surface area contributed by atoms with E-state index in [0.29, 0.717) is 0 Å². The summed E-state index contributed by atoms with van der Waals surface area (Å²) in [5, 5.41) is 16.2. The predicted molar refractivity (Wildman–Crippen MR) is 50.1 cm³/mol. The van der Waals surface area contributed by atoms with Gasteiger partial charge in [0.25, 0.3) is 0 Å². The van der Waals surface area contributed by atoms with Gasteiger partial charge in [0.2, 0.25) is 5.91 Å². The Morgan fingerprint density at radius 1 is 1.36 bits per heavy atom. The number of carbonyl (C=O) groups excluding carboxylic acids is 1. The molecule has 0 radical (unpaired) electrons. The smallest absolute Gasteiger partial charge is 0.405 e. The zero-order valence-electron chi connectivity index (χ0n) is 7.88. The van der Waals surface area contributed by atoms with Crippen LogP contribution in [0.25, 0.3) is 0 Å². The Kier molecular flexibility index (Phi) is 4.18. The zero-order valence-corrected chi connectivity index (χ0v) is 7.88. The lowest BCUT2D eigenvalue weighted by Crippen LogP contribution is -2.46. The molecule has 6 nitrogen and oxygen atoms in total. The Labute approximate surface area is 82.1 Å². The molecule has 1 aliphatic heterocycles. The molecule has 0 aromatic rings. The molecule has 1 fully saturated rings. The van der Waals surface area contributed by atoms with Crippen LogP contribution in [0.3, 0.4) is 0 Å². The van der Waals surface area contributed by atoms with Crippen LogP contribution in [0.2, 0.25) is 0 Å². The van der Waals surface area contributed by atoms with Crippen LogP contribution in [0.1, 0.15) is 12.8 Å². The summed E-state index contributed by atoms with van der Waals surface area (Å²) in [6, 6.07) is 0.180. The average molecular weight is 201 g/mol. The maximum absolute atomic E-state index is 11.2. The van der Waals surface area contributed by atoms with Gasteiger partial charge in [-0.1, -0.05) is 0 Å². The lowest BCUT2D eigenvalue weighted by atomic mass is 10.1. The summed E-state index contributed by atoms with van der Waals surface area (Å²) in [5.74, 6) is -0.265. The first-order valence-electron chi connectivity index (χ1n) is 4.65. The molecule has 0 saturated carbocycles. The van der Waals surface area contributed by atoms with Gasteiger partial charge in [0.15, 0.2) is 0 Å². The molecule has 14 heavy (non-hydrogen) atoms. The number of rotatable bonds is 3. The summed E-state index contributed by atoms with van der Waals surface area (Å²) < 4.78 is 0. The highest BCUT2D eigenvalue weighted by atomic mass is 16.4. The second-order valence-corrected chi connectivity index (χ2v) is 3.25. The van der Waals surface area contributed by atoms with E-state index in [4.69, 9.17) is 5.11 Å². The minimum atomic E-state index is -1.18. The van der Waals surface area contributed by atoms with Crippen molar-refractivity contribution in [3.63, 3.8) is 0 Å². The van der Waals surface area contributed by atoms with Gasteiger partial charge in [-0.25, -0.2) is 4.79 Å². The Balaban J connectivity index is 2.15. The van der Waals surface area contributed by atoms with E-state index >= 15 is 0 Å². The number of carboxylic acid groups (broad SMARTS) is 1. The third-order valence-electron chi connectivity index (χ3n) is 2.10. The van der Waals surface area contributed by atoms with Crippen molar-refractivity contribution in [1.29, 1.82) is 0 Å². The van der Waals surface area contributed by atoms with Crippen molar-refractivity contribution < 1.29 is 14.7 Å². The Morgan fingerprint density at radius 2 is 2.00 bits per heavy atom. The lowest BCUT2D eigenvalue weighted by Gasteiger charge is -2.23. The van der Waals surface area contributed by atoms with Gasteiger partial charge in [0.1, 0.15) is 0 Å². The van der Waals surface area contributed by atoms with Crippen molar-refractivity contribution >= 4 is 12.0 Å². The van der Waals surface area contributed by atoms with Crippen molar-refractivity contribution in [2.75, 3.05) is 19.6 Å².